The Labute approximate surface area is 126 Å². The second-order valence-electron chi connectivity index (χ2n) is 5.34. The summed E-state index contributed by atoms with van der Waals surface area (Å²) in [5, 5.41) is 4.23. The molecule has 3 heteroatoms. The van der Waals surface area contributed by atoms with Crippen LogP contribution in [0.1, 0.15) is 16.7 Å². The molecule has 2 aromatic rings. The highest BCUT2D eigenvalue weighted by Gasteiger charge is 2.06. The van der Waals surface area contributed by atoms with Crippen molar-refractivity contribution in [3.05, 3.63) is 58.1 Å². The van der Waals surface area contributed by atoms with Crippen molar-refractivity contribution in [1.29, 1.82) is 0 Å². The summed E-state index contributed by atoms with van der Waals surface area (Å²) < 4.78 is 0. The molecule has 0 aliphatic rings. The van der Waals surface area contributed by atoms with Crippen LogP contribution in [0.4, 0.5) is 11.4 Å². The molecule has 0 atom stereocenters. The van der Waals surface area contributed by atoms with Crippen molar-refractivity contribution in [3.63, 3.8) is 0 Å². The molecule has 0 fully saturated rings. The molecule has 2 nitrogen and oxygen atoms in total. The van der Waals surface area contributed by atoms with Crippen molar-refractivity contribution in [2.75, 3.05) is 24.3 Å². The molecule has 2 rings (SSSR count). The van der Waals surface area contributed by atoms with Crippen LogP contribution in [0.5, 0.6) is 0 Å². The molecule has 0 amide bonds. The normalized spacial score (nSPS) is 10.4. The monoisotopic (exact) mass is 288 g/mol. The Bertz CT molecular complexity index is 606. The van der Waals surface area contributed by atoms with Crippen molar-refractivity contribution >= 4 is 23.0 Å². The quantitative estimate of drug-likeness (QED) is 0.882. The first-order valence-corrected chi connectivity index (χ1v) is 7.12. The van der Waals surface area contributed by atoms with Gasteiger partial charge in [0.25, 0.3) is 0 Å². The number of nitrogens with one attached hydrogen (secondary N) is 1. The molecule has 1 N–H and O–H groups in total. The molecule has 0 aliphatic carbocycles. The van der Waals surface area contributed by atoms with E-state index < -0.39 is 0 Å². The lowest BCUT2D eigenvalue weighted by Gasteiger charge is -2.19. The predicted octanol–water partition coefficient (Wildman–Crippen LogP) is 4.63. The molecule has 0 radical (unpaired) electrons. The first kappa shape index (κ1) is 14.7. The van der Waals surface area contributed by atoms with Gasteiger partial charge in [0.2, 0.25) is 0 Å². The van der Waals surface area contributed by atoms with Crippen LogP contribution in [0.15, 0.2) is 36.4 Å². The number of nitrogens with zero attached hydrogens (tertiary/aromatic N) is 1. The summed E-state index contributed by atoms with van der Waals surface area (Å²) in [4.78, 5) is 2.08. The van der Waals surface area contributed by atoms with Crippen molar-refractivity contribution in [2.45, 2.75) is 20.4 Å². The van der Waals surface area contributed by atoms with Crippen LogP contribution < -0.4 is 10.2 Å². The van der Waals surface area contributed by atoms with Crippen molar-refractivity contribution in [3.8, 4) is 0 Å². The van der Waals surface area contributed by atoms with E-state index in [1.54, 1.807) is 0 Å². The number of halogens is 1. The molecule has 0 bridgehead atoms. The van der Waals surface area contributed by atoms with Gasteiger partial charge in [-0.05, 0) is 43.2 Å². The van der Waals surface area contributed by atoms with Gasteiger partial charge < -0.3 is 10.2 Å². The van der Waals surface area contributed by atoms with E-state index in [-0.39, 0.29) is 0 Å². The summed E-state index contributed by atoms with van der Waals surface area (Å²) in [5.74, 6) is 0. The average molecular weight is 289 g/mol. The van der Waals surface area contributed by atoms with Crippen LogP contribution in [0.3, 0.4) is 0 Å². The Kier molecular flexibility index (Phi) is 4.56. The van der Waals surface area contributed by atoms with Crippen molar-refractivity contribution in [1.82, 2.24) is 0 Å². The maximum absolute atomic E-state index is 6.10. The van der Waals surface area contributed by atoms with Crippen LogP contribution in [-0.2, 0) is 6.54 Å². The molecular formula is C17H21ClN2. The summed E-state index contributed by atoms with van der Waals surface area (Å²) in [6.07, 6.45) is 0. The Morgan fingerprint density at radius 1 is 1.05 bits per heavy atom. The molecule has 0 saturated carbocycles. The fraction of sp³-hybridized carbons (Fsp3) is 0.294. The third-order valence-corrected chi connectivity index (χ3v) is 3.64. The minimum absolute atomic E-state index is 0.749. The molecule has 0 unspecified atom stereocenters. The summed E-state index contributed by atoms with van der Waals surface area (Å²) in [5.41, 5.74) is 6.11. The van der Waals surface area contributed by atoms with Gasteiger partial charge in [0.05, 0.1) is 11.4 Å². The largest absolute Gasteiger partial charge is 0.379 e. The van der Waals surface area contributed by atoms with Crippen LogP contribution in [0.2, 0.25) is 5.02 Å². The number of rotatable bonds is 4. The molecule has 0 aromatic heterocycles. The van der Waals surface area contributed by atoms with E-state index in [0.717, 1.165) is 22.9 Å². The Balaban J connectivity index is 2.20. The lowest BCUT2D eigenvalue weighted by molar-refractivity contribution is 1.09. The molecule has 2 aromatic carbocycles. The smallest absolute Gasteiger partial charge is 0.0597 e. The number of hydrogen-bond acceptors (Lipinski definition) is 2. The van der Waals surface area contributed by atoms with Gasteiger partial charge in [-0.25, -0.2) is 0 Å². The predicted molar refractivity (Wildman–Crippen MR) is 89.0 cm³/mol. The van der Waals surface area contributed by atoms with Gasteiger partial charge in [0.1, 0.15) is 0 Å². The first-order valence-electron chi connectivity index (χ1n) is 6.74. The maximum atomic E-state index is 6.10. The Morgan fingerprint density at radius 3 is 2.45 bits per heavy atom. The van der Waals surface area contributed by atoms with Crippen LogP contribution >= 0.6 is 11.6 Å². The number of hydrogen-bond donors (Lipinski definition) is 1. The lowest BCUT2D eigenvalue weighted by Crippen LogP contribution is -2.12. The maximum Gasteiger partial charge on any atom is 0.0597 e. The average Bonchev–Trinajstić information content (AvgIpc) is 2.37. The molecule has 0 saturated heterocycles. The standard InChI is InChI=1S/C17H21ClN2/c1-12-5-6-14(13(2)9-12)11-19-16-10-15(18)7-8-17(16)20(3)4/h5-10,19H,11H2,1-4H3. The molecule has 0 spiro atoms. The van der Waals surface area contributed by atoms with E-state index in [1.807, 2.05) is 32.3 Å². The zero-order chi connectivity index (χ0) is 14.7. The minimum Gasteiger partial charge on any atom is -0.379 e. The summed E-state index contributed by atoms with van der Waals surface area (Å²) in [6.45, 7) is 5.06. The van der Waals surface area contributed by atoms with Crippen LogP contribution in [0, 0.1) is 13.8 Å². The molecule has 0 heterocycles. The van der Waals surface area contributed by atoms with Gasteiger partial charge in [0.15, 0.2) is 0 Å². The topological polar surface area (TPSA) is 15.3 Å². The summed E-state index contributed by atoms with van der Waals surface area (Å²) >= 11 is 6.10. The zero-order valence-electron chi connectivity index (χ0n) is 12.5. The van der Waals surface area contributed by atoms with E-state index >= 15 is 0 Å². The van der Waals surface area contributed by atoms with Crippen molar-refractivity contribution in [2.24, 2.45) is 0 Å². The molecule has 20 heavy (non-hydrogen) atoms. The van der Waals surface area contributed by atoms with Gasteiger partial charge in [0, 0.05) is 25.7 Å². The van der Waals surface area contributed by atoms with E-state index in [2.05, 4.69) is 42.3 Å². The molecule has 0 aliphatic heterocycles. The van der Waals surface area contributed by atoms with Gasteiger partial charge >= 0.3 is 0 Å². The number of aryl methyl sites for hydroxylation is 2. The van der Waals surface area contributed by atoms with E-state index in [9.17, 15) is 0 Å². The third kappa shape index (κ3) is 3.45. The second-order valence-corrected chi connectivity index (χ2v) is 5.78. The van der Waals surface area contributed by atoms with Crippen LogP contribution in [-0.4, -0.2) is 14.1 Å². The van der Waals surface area contributed by atoms with Gasteiger partial charge in [-0.1, -0.05) is 35.4 Å². The van der Waals surface area contributed by atoms with Crippen LogP contribution in [0.25, 0.3) is 0 Å². The molecule has 106 valence electrons. The highest BCUT2D eigenvalue weighted by molar-refractivity contribution is 6.31. The minimum atomic E-state index is 0.749. The van der Waals surface area contributed by atoms with E-state index in [1.165, 1.54) is 16.7 Å². The van der Waals surface area contributed by atoms with E-state index in [0.29, 0.717) is 0 Å². The zero-order valence-corrected chi connectivity index (χ0v) is 13.3. The van der Waals surface area contributed by atoms with Gasteiger partial charge in [-0.15, -0.1) is 0 Å². The summed E-state index contributed by atoms with van der Waals surface area (Å²) in [6, 6.07) is 12.5. The SMILES string of the molecule is Cc1ccc(CNc2cc(Cl)ccc2N(C)C)c(C)c1. The highest BCUT2D eigenvalue weighted by atomic mass is 35.5. The fourth-order valence-electron chi connectivity index (χ4n) is 2.27. The number of benzene rings is 2. The first-order chi connectivity index (χ1) is 9.47. The lowest BCUT2D eigenvalue weighted by atomic mass is 10.1. The Hall–Kier alpha value is -1.67. The van der Waals surface area contributed by atoms with E-state index in [4.69, 9.17) is 11.6 Å². The molecular weight excluding hydrogens is 268 g/mol. The van der Waals surface area contributed by atoms with Gasteiger partial charge in [-0.3, -0.25) is 0 Å². The number of anilines is 2. The fourth-order valence-corrected chi connectivity index (χ4v) is 2.45. The second kappa shape index (κ2) is 6.19. The highest BCUT2D eigenvalue weighted by Crippen LogP contribution is 2.28. The van der Waals surface area contributed by atoms with Crippen molar-refractivity contribution < 1.29 is 0 Å². The third-order valence-electron chi connectivity index (χ3n) is 3.41. The summed E-state index contributed by atoms with van der Waals surface area (Å²) in [7, 11) is 4.07. The Morgan fingerprint density at radius 2 is 1.80 bits per heavy atom. The van der Waals surface area contributed by atoms with Gasteiger partial charge in [-0.2, -0.15) is 0 Å².